The van der Waals surface area contributed by atoms with Gasteiger partial charge < -0.3 is 37.9 Å². The minimum Gasteiger partial charge on any atom is -0.494 e. The van der Waals surface area contributed by atoms with E-state index in [9.17, 15) is 39.3 Å². The SMILES string of the molecule is CCCCCCCCOc1ccc(C(=O)Oc2ccc(OC(=O)c3cccc(C(=O)Oc4ccc(OC(=O)c5ccc(OCCCCCCCC)cc5)cc4C(=O)OCc4ccc(C#N)cc4)c3C)c(C(=O)OCc3ccc(C#N)cc3)c2)cc1. The maximum atomic E-state index is 14.1. The van der Waals surface area contributed by atoms with Crippen LogP contribution < -0.4 is 28.4 Å². The molecule has 0 unspecified atom stereocenters. The smallest absolute Gasteiger partial charge is 0.343 e. The molecule has 0 aromatic heterocycles. The second-order valence-corrected chi connectivity index (χ2v) is 19.9. The Morgan fingerprint density at radius 2 is 0.741 bits per heavy atom. The lowest BCUT2D eigenvalue weighted by Crippen LogP contribution is -2.18. The van der Waals surface area contributed by atoms with Crippen LogP contribution >= 0.6 is 0 Å². The van der Waals surface area contributed by atoms with E-state index in [1.54, 1.807) is 97.1 Å². The van der Waals surface area contributed by atoms with Gasteiger partial charge in [0.15, 0.2) is 0 Å². The Hall–Kier alpha value is -10.1. The van der Waals surface area contributed by atoms with Crippen molar-refractivity contribution in [2.75, 3.05) is 13.2 Å². The standard InChI is InChI=1S/C69H66N2O14/c1-4-6-8-10-12-14-39-78-54-31-27-52(28-32-54)64(72)82-56-35-37-62(60(41-56)66(74)80-45-50-23-19-48(43-70)20-24-50)84-68(76)58-17-16-18-59(47(58)3)69(77)85-63-38-36-57(42-61(63)67(75)81-46-51-25-21-49(44-71)22-26-51)83-65(73)53-29-33-55(34-30-53)79-40-15-13-11-9-7-5-2/h16-38,41-42H,4-15,39-40,45-46H2,1-3H3. The molecule has 0 atom stereocenters. The van der Waals surface area contributed by atoms with E-state index in [-0.39, 0.29) is 75.2 Å². The van der Waals surface area contributed by atoms with Crippen LogP contribution in [0.25, 0.3) is 0 Å². The molecule has 16 heteroatoms. The van der Waals surface area contributed by atoms with Crippen LogP contribution in [-0.4, -0.2) is 49.0 Å². The number of unbranched alkanes of at least 4 members (excludes halogenated alkanes) is 10. The third kappa shape index (κ3) is 19.0. The highest BCUT2D eigenvalue weighted by atomic mass is 16.6. The molecule has 0 spiro atoms. The molecule has 7 aromatic carbocycles. The maximum Gasteiger partial charge on any atom is 0.343 e. The number of carbonyl (C=O) groups excluding carboxylic acids is 6. The van der Waals surface area contributed by atoms with Crippen molar-refractivity contribution in [3.8, 4) is 46.6 Å². The third-order valence-corrected chi connectivity index (χ3v) is 13.6. The molecule has 0 aliphatic carbocycles. The van der Waals surface area contributed by atoms with Gasteiger partial charge in [0, 0.05) is 0 Å². The number of nitrogens with zero attached hydrogens (tertiary/aromatic N) is 2. The van der Waals surface area contributed by atoms with Gasteiger partial charge in [-0.1, -0.05) is 108 Å². The van der Waals surface area contributed by atoms with Crippen LogP contribution in [0.1, 0.15) is 181 Å². The highest BCUT2D eigenvalue weighted by molar-refractivity contribution is 6.02. The van der Waals surface area contributed by atoms with Crippen molar-refractivity contribution in [1.29, 1.82) is 10.5 Å². The highest BCUT2D eigenvalue weighted by Crippen LogP contribution is 2.31. The van der Waals surface area contributed by atoms with Crippen molar-refractivity contribution in [3.63, 3.8) is 0 Å². The van der Waals surface area contributed by atoms with Crippen LogP contribution in [0.15, 0.2) is 152 Å². The molecule has 0 fully saturated rings. The maximum absolute atomic E-state index is 14.1. The van der Waals surface area contributed by atoms with E-state index in [2.05, 4.69) is 13.8 Å². The summed E-state index contributed by atoms with van der Waals surface area (Å²) in [5.74, 6) is -4.86. The first-order valence-electron chi connectivity index (χ1n) is 28.4. The molecule has 0 amide bonds. The number of benzene rings is 7. The van der Waals surface area contributed by atoms with Gasteiger partial charge in [0.2, 0.25) is 0 Å². The molecule has 85 heavy (non-hydrogen) atoms. The van der Waals surface area contributed by atoms with Crippen molar-refractivity contribution in [1.82, 2.24) is 0 Å². The van der Waals surface area contributed by atoms with E-state index >= 15 is 0 Å². The van der Waals surface area contributed by atoms with E-state index in [0.717, 1.165) is 38.5 Å². The van der Waals surface area contributed by atoms with Crippen LogP contribution in [0.4, 0.5) is 0 Å². The first-order chi connectivity index (χ1) is 41.3. The quantitative estimate of drug-likeness (QED) is 0.0232. The molecular weight excluding hydrogens is 1080 g/mol. The molecule has 0 N–H and O–H groups in total. The van der Waals surface area contributed by atoms with E-state index in [0.29, 0.717) is 47.0 Å². The predicted octanol–water partition coefficient (Wildman–Crippen LogP) is 14.8. The molecular formula is C69H66N2O14. The van der Waals surface area contributed by atoms with E-state index < -0.39 is 35.8 Å². The molecule has 0 bridgehead atoms. The summed E-state index contributed by atoms with van der Waals surface area (Å²) >= 11 is 0. The number of esters is 6. The predicted molar refractivity (Wildman–Crippen MR) is 315 cm³/mol. The summed E-state index contributed by atoms with van der Waals surface area (Å²) in [6.07, 6.45) is 13.4. The molecule has 0 aliphatic rings. The number of hydrogen-bond donors (Lipinski definition) is 0. The molecule has 7 rings (SSSR count). The van der Waals surface area contributed by atoms with Crippen LogP contribution in [-0.2, 0) is 22.7 Å². The van der Waals surface area contributed by atoms with Gasteiger partial charge in [0.05, 0.1) is 58.7 Å². The van der Waals surface area contributed by atoms with Crippen LogP contribution in [0, 0.1) is 29.6 Å². The Morgan fingerprint density at radius 3 is 1.12 bits per heavy atom. The lowest BCUT2D eigenvalue weighted by Gasteiger charge is -2.15. The number of carbonyl (C=O) groups is 6. The van der Waals surface area contributed by atoms with Gasteiger partial charge in [-0.3, -0.25) is 0 Å². The summed E-state index contributed by atoms with van der Waals surface area (Å²) in [6, 6.07) is 41.5. The molecule has 0 aliphatic heterocycles. The van der Waals surface area contributed by atoms with Crippen LogP contribution in [0.3, 0.4) is 0 Å². The summed E-state index contributed by atoms with van der Waals surface area (Å²) in [5, 5.41) is 18.5. The van der Waals surface area contributed by atoms with E-state index in [4.69, 9.17) is 37.9 Å². The topological polar surface area (TPSA) is 224 Å². The average Bonchev–Trinajstić information content (AvgIpc) is 3.58. The molecule has 0 saturated carbocycles. The zero-order chi connectivity index (χ0) is 60.3. The van der Waals surface area contributed by atoms with Gasteiger partial charge in [-0.05, 0) is 158 Å². The fraction of sp³-hybridized carbons (Fsp3) is 0.275. The average molecular weight is 1150 g/mol. The minimum atomic E-state index is -0.995. The van der Waals surface area contributed by atoms with Crippen LogP contribution in [0.2, 0.25) is 0 Å². The molecule has 0 heterocycles. The van der Waals surface area contributed by atoms with Gasteiger partial charge in [0.25, 0.3) is 0 Å². The summed E-state index contributed by atoms with van der Waals surface area (Å²) < 4.78 is 46.0. The molecule has 0 saturated heterocycles. The number of rotatable bonds is 30. The van der Waals surface area contributed by atoms with E-state index in [1.807, 2.05) is 12.1 Å². The normalized spacial score (nSPS) is 10.6. The second kappa shape index (κ2) is 32.5. The zero-order valence-electron chi connectivity index (χ0n) is 47.9. The lowest BCUT2D eigenvalue weighted by atomic mass is 10.0. The Bertz CT molecular complexity index is 3280. The Kier molecular flexibility index (Phi) is 23.9. The zero-order valence-corrected chi connectivity index (χ0v) is 47.9. The van der Waals surface area contributed by atoms with Crippen molar-refractivity contribution in [2.45, 2.75) is 111 Å². The summed E-state index contributed by atoms with van der Waals surface area (Å²) in [7, 11) is 0. The molecule has 0 radical (unpaired) electrons. The summed E-state index contributed by atoms with van der Waals surface area (Å²) in [4.78, 5) is 82.7. The largest absolute Gasteiger partial charge is 0.494 e. The van der Waals surface area contributed by atoms with Crippen LogP contribution in [0.5, 0.6) is 34.5 Å². The van der Waals surface area contributed by atoms with Crippen molar-refractivity contribution in [3.05, 3.63) is 213 Å². The first-order valence-corrected chi connectivity index (χ1v) is 28.4. The third-order valence-electron chi connectivity index (χ3n) is 13.6. The first kappa shape index (κ1) is 62.5. The summed E-state index contributed by atoms with van der Waals surface area (Å²) in [6.45, 7) is 6.46. The van der Waals surface area contributed by atoms with Crippen molar-refractivity contribution >= 4 is 35.8 Å². The number of nitriles is 2. The molecule has 7 aromatic rings. The fourth-order valence-electron chi connectivity index (χ4n) is 8.69. The molecule has 436 valence electrons. The van der Waals surface area contributed by atoms with Gasteiger partial charge in [-0.2, -0.15) is 10.5 Å². The minimum absolute atomic E-state index is 0.0717. The van der Waals surface area contributed by atoms with Gasteiger partial charge >= 0.3 is 35.8 Å². The number of ether oxygens (including phenoxy) is 8. The number of hydrogen-bond acceptors (Lipinski definition) is 16. The molecule has 16 nitrogen and oxygen atoms in total. The summed E-state index contributed by atoms with van der Waals surface area (Å²) in [5.41, 5.74) is 1.64. The van der Waals surface area contributed by atoms with Gasteiger partial charge in [0.1, 0.15) is 58.8 Å². The van der Waals surface area contributed by atoms with E-state index in [1.165, 1.54) is 100 Å². The fourth-order valence-corrected chi connectivity index (χ4v) is 8.69. The Morgan fingerprint density at radius 1 is 0.376 bits per heavy atom. The highest BCUT2D eigenvalue weighted by Gasteiger charge is 2.26. The van der Waals surface area contributed by atoms with Crippen molar-refractivity contribution < 1.29 is 66.7 Å². The van der Waals surface area contributed by atoms with Crippen molar-refractivity contribution in [2.24, 2.45) is 0 Å². The Labute approximate surface area is 494 Å². The van der Waals surface area contributed by atoms with Gasteiger partial charge in [-0.15, -0.1) is 0 Å². The Balaban J connectivity index is 1.06. The second-order valence-electron chi connectivity index (χ2n) is 19.9. The van der Waals surface area contributed by atoms with Gasteiger partial charge in [-0.25, -0.2) is 28.8 Å². The lowest BCUT2D eigenvalue weighted by molar-refractivity contribution is 0.0456. The monoisotopic (exact) mass is 1150 g/mol.